The number of phenolic OH excluding ortho intramolecular Hbond substituents is 2. The Morgan fingerprint density at radius 3 is 2.62 bits per heavy atom. The van der Waals surface area contributed by atoms with Gasteiger partial charge in [0.1, 0.15) is 13.1 Å². The fourth-order valence-electron chi connectivity index (χ4n) is 1.98. The number of likely N-dealkylation sites (N-methyl/N-ethyl adjacent to an activating group) is 2. The van der Waals surface area contributed by atoms with Crippen LogP contribution in [0.25, 0.3) is 0 Å². The molecule has 1 heterocycles. The topological polar surface area (TPSA) is 46.7 Å². The van der Waals surface area contributed by atoms with E-state index >= 15 is 0 Å². The van der Waals surface area contributed by atoms with Crippen molar-refractivity contribution >= 4 is 5.84 Å². The van der Waals surface area contributed by atoms with Crippen LogP contribution in [0.5, 0.6) is 11.5 Å². The fraction of sp³-hybridized carbons (Fsp3) is 0.417. The molecule has 0 radical (unpaired) electrons. The van der Waals surface area contributed by atoms with E-state index < -0.39 is 0 Å². The maximum absolute atomic E-state index is 9.42. The highest BCUT2D eigenvalue weighted by Gasteiger charge is 2.24. The maximum Gasteiger partial charge on any atom is 0.251 e. The van der Waals surface area contributed by atoms with Gasteiger partial charge >= 0.3 is 0 Å². The maximum atomic E-state index is 9.42. The van der Waals surface area contributed by atoms with Crippen molar-refractivity contribution in [3.63, 3.8) is 0 Å². The molecule has 0 fully saturated rings. The van der Waals surface area contributed by atoms with Crippen LogP contribution < -0.4 is 0 Å². The molecule has 0 saturated carbocycles. The van der Waals surface area contributed by atoms with Gasteiger partial charge in [-0.1, -0.05) is 6.07 Å². The predicted octanol–water partition coefficient (Wildman–Crippen LogP) is 0.626. The van der Waals surface area contributed by atoms with Gasteiger partial charge in [-0.05, 0) is 17.7 Å². The Labute approximate surface area is 95.1 Å². The standard InChI is InChI=1S/C12H16N2O2/c1-13-5-6-14(2)12(13)8-9-3-4-10(15)11(16)7-9/h3-4,7H,5-6,8H2,1-2H3,(H-,15,16)/p+1. The number of benzene rings is 1. The predicted molar refractivity (Wildman–Crippen MR) is 62.2 cm³/mol. The summed E-state index contributed by atoms with van der Waals surface area (Å²) in [7, 11) is 4.14. The quantitative estimate of drug-likeness (QED) is 0.568. The summed E-state index contributed by atoms with van der Waals surface area (Å²) in [5, 5.41) is 18.7. The number of hydrogen-bond donors (Lipinski definition) is 2. The molecule has 2 N–H and O–H groups in total. The Morgan fingerprint density at radius 1 is 1.31 bits per heavy atom. The van der Waals surface area contributed by atoms with Crippen LogP contribution in [0.2, 0.25) is 0 Å². The van der Waals surface area contributed by atoms with Gasteiger partial charge in [0.15, 0.2) is 11.5 Å². The molecular weight excluding hydrogens is 204 g/mol. The van der Waals surface area contributed by atoms with Gasteiger partial charge in [0.25, 0.3) is 5.84 Å². The summed E-state index contributed by atoms with van der Waals surface area (Å²) in [4.78, 5) is 2.21. The highest BCUT2D eigenvalue weighted by Crippen LogP contribution is 2.25. The van der Waals surface area contributed by atoms with Crippen LogP contribution in [-0.2, 0) is 6.42 Å². The van der Waals surface area contributed by atoms with Crippen LogP contribution in [0.1, 0.15) is 5.56 Å². The molecule has 86 valence electrons. The molecule has 4 heteroatoms. The largest absolute Gasteiger partial charge is 0.504 e. The van der Waals surface area contributed by atoms with Gasteiger partial charge in [0.05, 0.1) is 20.5 Å². The van der Waals surface area contributed by atoms with Crippen LogP contribution >= 0.6 is 0 Å². The van der Waals surface area contributed by atoms with Crippen molar-refractivity contribution in [3.05, 3.63) is 23.8 Å². The number of phenols is 2. The molecular formula is C12H17N2O2+. The summed E-state index contributed by atoms with van der Waals surface area (Å²) in [5.74, 6) is 1.12. The fourth-order valence-corrected chi connectivity index (χ4v) is 1.98. The molecule has 0 saturated heterocycles. The molecule has 1 aromatic rings. The van der Waals surface area contributed by atoms with E-state index in [0.717, 1.165) is 25.1 Å². The Hall–Kier alpha value is -1.71. The van der Waals surface area contributed by atoms with Crippen molar-refractivity contribution in [1.82, 2.24) is 4.90 Å². The highest BCUT2D eigenvalue weighted by atomic mass is 16.3. The molecule has 2 rings (SSSR count). The first-order valence-corrected chi connectivity index (χ1v) is 5.37. The van der Waals surface area contributed by atoms with Gasteiger partial charge in [0, 0.05) is 0 Å². The number of rotatable bonds is 2. The number of nitrogens with zero attached hydrogens (tertiary/aromatic N) is 2. The SMILES string of the molecule is CN1CC[N+](C)=C1Cc1ccc(O)c(O)c1. The zero-order chi connectivity index (χ0) is 11.7. The van der Waals surface area contributed by atoms with Crippen molar-refractivity contribution in [3.8, 4) is 11.5 Å². The first-order chi connectivity index (χ1) is 7.58. The normalized spacial score (nSPS) is 16.0. The summed E-state index contributed by atoms with van der Waals surface area (Å²) in [6.07, 6.45) is 0.779. The van der Waals surface area contributed by atoms with E-state index in [0.29, 0.717) is 0 Å². The van der Waals surface area contributed by atoms with E-state index in [-0.39, 0.29) is 11.5 Å². The summed E-state index contributed by atoms with van der Waals surface area (Å²) in [6, 6.07) is 4.98. The molecule has 0 amide bonds. The zero-order valence-electron chi connectivity index (χ0n) is 9.64. The lowest BCUT2D eigenvalue weighted by molar-refractivity contribution is -0.487. The third-order valence-electron chi connectivity index (χ3n) is 3.05. The minimum atomic E-state index is -0.0677. The van der Waals surface area contributed by atoms with E-state index in [9.17, 15) is 10.2 Å². The van der Waals surface area contributed by atoms with Gasteiger partial charge in [-0.3, -0.25) is 9.48 Å². The lowest BCUT2D eigenvalue weighted by Gasteiger charge is -2.07. The molecule has 0 aliphatic carbocycles. The molecule has 0 spiro atoms. The van der Waals surface area contributed by atoms with Crippen LogP contribution in [0.3, 0.4) is 0 Å². The van der Waals surface area contributed by atoms with Gasteiger partial charge in [-0.25, -0.2) is 0 Å². The van der Waals surface area contributed by atoms with Crippen LogP contribution in [0.15, 0.2) is 18.2 Å². The molecule has 4 nitrogen and oxygen atoms in total. The minimum Gasteiger partial charge on any atom is -0.504 e. The van der Waals surface area contributed by atoms with Crippen molar-refractivity contribution in [1.29, 1.82) is 0 Å². The van der Waals surface area contributed by atoms with Crippen molar-refractivity contribution in [2.24, 2.45) is 0 Å². The molecule has 1 aromatic carbocycles. The first kappa shape index (κ1) is 10.8. The van der Waals surface area contributed by atoms with E-state index in [1.165, 1.54) is 11.9 Å². The molecule has 0 unspecified atom stereocenters. The average Bonchev–Trinajstić information content (AvgIpc) is 2.55. The second-order valence-corrected chi connectivity index (χ2v) is 4.26. The van der Waals surface area contributed by atoms with Gasteiger partial charge in [0.2, 0.25) is 0 Å². The third kappa shape index (κ3) is 1.96. The minimum absolute atomic E-state index is 0.0543. The molecule has 16 heavy (non-hydrogen) atoms. The van der Waals surface area contributed by atoms with Crippen molar-refractivity contribution < 1.29 is 14.8 Å². The monoisotopic (exact) mass is 221 g/mol. The average molecular weight is 221 g/mol. The van der Waals surface area contributed by atoms with Gasteiger partial charge in [-0.2, -0.15) is 0 Å². The second-order valence-electron chi connectivity index (χ2n) is 4.26. The Morgan fingerprint density at radius 2 is 2.06 bits per heavy atom. The highest BCUT2D eigenvalue weighted by molar-refractivity contribution is 5.80. The summed E-state index contributed by atoms with van der Waals surface area (Å²) >= 11 is 0. The molecule has 1 aliphatic rings. The Bertz CT molecular complexity index is 441. The van der Waals surface area contributed by atoms with E-state index in [1.807, 2.05) is 6.07 Å². The van der Waals surface area contributed by atoms with E-state index in [1.54, 1.807) is 6.07 Å². The van der Waals surface area contributed by atoms with E-state index in [2.05, 4.69) is 23.6 Å². The van der Waals surface area contributed by atoms with Crippen molar-refractivity contribution in [2.45, 2.75) is 6.42 Å². The number of aromatic hydroxyl groups is 2. The lowest BCUT2D eigenvalue weighted by Crippen LogP contribution is -2.26. The summed E-state index contributed by atoms with van der Waals surface area (Å²) in [6.45, 7) is 2.08. The molecule has 1 aliphatic heterocycles. The second kappa shape index (κ2) is 4.04. The molecule has 0 bridgehead atoms. The molecule has 0 aromatic heterocycles. The zero-order valence-corrected chi connectivity index (χ0v) is 9.64. The van der Waals surface area contributed by atoms with Crippen molar-refractivity contribution in [2.75, 3.05) is 27.2 Å². The lowest BCUT2D eigenvalue weighted by atomic mass is 10.1. The van der Waals surface area contributed by atoms with Crippen LogP contribution in [0.4, 0.5) is 0 Å². The summed E-state index contributed by atoms with van der Waals surface area (Å²) < 4.78 is 2.21. The van der Waals surface area contributed by atoms with Crippen LogP contribution in [0, 0.1) is 0 Å². The van der Waals surface area contributed by atoms with Crippen LogP contribution in [-0.4, -0.2) is 52.7 Å². The summed E-state index contributed by atoms with van der Waals surface area (Å²) in [5.41, 5.74) is 1.01. The Balaban J connectivity index is 2.21. The Kier molecular flexibility index (Phi) is 2.73. The van der Waals surface area contributed by atoms with Gasteiger partial charge in [-0.15, -0.1) is 0 Å². The smallest absolute Gasteiger partial charge is 0.251 e. The van der Waals surface area contributed by atoms with Gasteiger partial charge < -0.3 is 10.2 Å². The number of amidine groups is 1. The first-order valence-electron chi connectivity index (χ1n) is 5.37. The molecule has 0 atom stereocenters. The third-order valence-corrected chi connectivity index (χ3v) is 3.05. The van der Waals surface area contributed by atoms with E-state index in [4.69, 9.17) is 0 Å². The number of hydrogen-bond acceptors (Lipinski definition) is 3.